The zero-order chi connectivity index (χ0) is 17.7. The molecule has 1 N–H and O–H groups in total. The molecule has 0 spiro atoms. The van der Waals surface area contributed by atoms with Crippen molar-refractivity contribution in [2.45, 2.75) is 36.5 Å². The van der Waals surface area contributed by atoms with Crippen molar-refractivity contribution in [1.29, 1.82) is 0 Å². The highest BCUT2D eigenvalue weighted by Gasteiger charge is 2.47. The normalized spacial score (nSPS) is 25.4. The highest BCUT2D eigenvalue weighted by atomic mass is 32.3. The van der Waals surface area contributed by atoms with Crippen LogP contribution in [0.1, 0.15) is 12.8 Å². The quantitative estimate of drug-likeness (QED) is 0.733. The highest BCUT2D eigenvalue weighted by molar-refractivity contribution is 8.32. The van der Waals surface area contributed by atoms with Crippen molar-refractivity contribution in [3.05, 3.63) is 6.20 Å². The van der Waals surface area contributed by atoms with Crippen molar-refractivity contribution in [3.63, 3.8) is 0 Å². The van der Waals surface area contributed by atoms with E-state index < -0.39 is 26.5 Å². The van der Waals surface area contributed by atoms with Gasteiger partial charge in [0.2, 0.25) is 0 Å². The summed E-state index contributed by atoms with van der Waals surface area (Å²) in [4.78, 5) is 14.0. The maximum absolute atomic E-state index is 12.4. The summed E-state index contributed by atoms with van der Waals surface area (Å²) in [6.07, 6.45) is 9.46. The van der Waals surface area contributed by atoms with Gasteiger partial charge in [0.1, 0.15) is 0 Å². The number of carbonyl (C=O) groups is 1. The maximum Gasteiger partial charge on any atom is 0.418 e. The van der Waals surface area contributed by atoms with Crippen LogP contribution in [0.25, 0.3) is 0 Å². The van der Waals surface area contributed by atoms with Gasteiger partial charge in [0.15, 0.2) is 0 Å². The molecule has 2 bridgehead atoms. The van der Waals surface area contributed by atoms with Crippen LogP contribution in [0.5, 0.6) is 0 Å². The Kier molecular flexibility index (Phi) is 4.26. The molecule has 2 aliphatic rings. The number of hydroxylamine groups is 2. The average molecular weight is 379 g/mol. The van der Waals surface area contributed by atoms with Crippen molar-refractivity contribution < 1.29 is 22.0 Å². The van der Waals surface area contributed by atoms with E-state index in [4.69, 9.17) is 4.55 Å². The average Bonchev–Trinajstić information content (AvgIpc) is 2.99. The Hall–Kier alpha value is -1.37. The van der Waals surface area contributed by atoms with Gasteiger partial charge in [0.05, 0.1) is 29.9 Å². The van der Waals surface area contributed by atoms with E-state index in [1.54, 1.807) is 11.1 Å². The highest BCUT2D eigenvalue weighted by Crippen LogP contribution is 2.44. The van der Waals surface area contributed by atoms with E-state index in [9.17, 15) is 13.2 Å². The first kappa shape index (κ1) is 17.5. The van der Waals surface area contributed by atoms with Gasteiger partial charge in [-0.25, -0.2) is 19.5 Å². The number of urea groups is 1. The Morgan fingerprint density at radius 3 is 2.67 bits per heavy atom. The molecule has 2 atom stereocenters. The molecule has 3 heterocycles. The molecule has 0 aliphatic carbocycles. The van der Waals surface area contributed by atoms with Gasteiger partial charge < -0.3 is 4.90 Å². The number of amides is 2. The van der Waals surface area contributed by atoms with E-state index in [0.29, 0.717) is 25.9 Å². The molecule has 2 unspecified atom stereocenters. The van der Waals surface area contributed by atoms with E-state index >= 15 is 0 Å². The first-order valence-corrected chi connectivity index (χ1v) is 11.6. The van der Waals surface area contributed by atoms with Gasteiger partial charge in [-0.15, -0.1) is 9.38 Å². The number of piperidine rings is 1. The molecule has 0 aromatic carbocycles. The molecular formula is C12H21N5O5S2. The lowest BCUT2D eigenvalue weighted by molar-refractivity contribution is -0.0317. The van der Waals surface area contributed by atoms with Crippen molar-refractivity contribution in [2.24, 2.45) is 0 Å². The first-order chi connectivity index (χ1) is 11.1. The summed E-state index contributed by atoms with van der Waals surface area (Å²) in [7, 11) is -5.73. The van der Waals surface area contributed by atoms with E-state index in [-0.39, 0.29) is 12.1 Å². The summed E-state index contributed by atoms with van der Waals surface area (Å²) in [5, 5.41) is 9.91. The van der Waals surface area contributed by atoms with Gasteiger partial charge in [-0.2, -0.15) is 13.5 Å². The summed E-state index contributed by atoms with van der Waals surface area (Å²) >= 11 is 0. The second-order valence-corrected chi connectivity index (χ2v) is 11.8. The zero-order valence-electron chi connectivity index (χ0n) is 13.7. The fourth-order valence-corrected chi connectivity index (χ4v) is 4.64. The van der Waals surface area contributed by atoms with Crippen LogP contribution >= 0.6 is 10.0 Å². The molecule has 24 heavy (non-hydrogen) atoms. The smallest absolute Gasteiger partial charge is 0.316 e. The standard InChI is InChI=1S/C12H21N5O5S2/c1-23(2,3)11-6-13-14-16(11)8-9-4-5-10-7-15(9)12(18)17(10)22-24(19,20)21/h6,9-10H,4-5,7-8H2,1-3H3,(H,19,20,21). The van der Waals surface area contributed by atoms with Crippen LogP contribution in [0, 0.1) is 0 Å². The number of fused-ring (bicyclic) bond motifs is 2. The van der Waals surface area contributed by atoms with Gasteiger partial charge >= 0.3 is 16.4 Å². The van der Waals surface area contributed by atoms with E-state index in [2.05, 4.69) is 33.4 Å². The van der Waals surface area contributed by atoms with Crippen LogP contribution in [0.2, 0.25) is 0 Å². The molecule has 12 heteroatoms. The van der Waals surface area contributed by atoms with Gasteiger partial charge in [-0.3, -0.25) is 4.55 Å². The SMILES string of the molecule is CS(C)(C)c1cnnn1CC1CCC2CN1C(=O)N2OS(=O)(=O)O. The molecule has 1 aromatic heterocycles. The molecule has 2 aliphatic heterocycles. The van der Waals surface area contributed by atoms with Crippen molar-refractivity contribution in [2.75, 3.05) is 25.3 Å². The summed E-state index contributed by atoms with van der Waals surface area (Å²) in [6.45, 7) is 0.864. The second kappa shape index (κ2) is 5.86. The monoisotopic (exact) mass is 379 g/mol. The summed E-state index contributed by atoms with van der Waals surface area (Å²) in [5.41, 5.74) is 0. The lowest BCUT2D eigenvalue weighted by Crippen LogP contribution is -2.43. The Morgan fingerprint density at radius 2 is 2.04 bits per heavy atom. The molecular weight excluding hydrogens is 358 g/mol. The number of nitrogens with zero attached hydrogens (tertiary/aromatic N) is 5. The van der Waals surface area contributed by atoms with E-state index in [1.807, 2.05) is 4.68 Å². The summed E-state index contributed by atoms with van der Waals surface area (Å²) in [6, 6.07) is -1.05. The molecule has 0 radical (unpaired) electrons. The molecule has 2 amide bonds. The minimum Gasteiger partial charge on any atom is -0.316 e. The molecule has 1 aromatic rings. The Bertz CT molecular complexity index is 743. The van der Waals surface area contributed by atoms with Gasteiger partial charge in [-0.05, 0) is 31.6 Å². The molecule has 0 saturated carbocycles. The molecule has 3 rings (SSSR count). The van der Waals surface area contributed by atoms with Crippen LogP contribution < -0.4 is 0 Å². The molecule has 10 nitrogen and oxygen atoms in total. The Morgan fingerprint density at radius 1 is 1.33 bits per heavy atom. The third-order valence-electron chi connectivity index (χ3n) is 4.21. The fourth-order valence-electron chi connectivity index (χ4n) is 3.15. The van der Waals surface area contributed by atoms with Crippen LogP contribution in [-0.4, -0.2) is 81.4 Å². The van der Waals surface area contributed by atoms with Gasteiger partial charge in [0, 0.05) is 6.54 Å². The Balaban J connectivity index is 1.77. The first-order valence-electron chi connectivity index (χ1n) is 7.40. The number of carbonyl (C=O) groups excluding carboxylic acids is 1. The van der Waals surface area contributed by atoms with Crippen molar-refractivity contribution in [1.82, 2.24) is 25.0 Å². The fraction of sp³-hybridized carbons (Fsp3) is 0.750. The number of rotatable bonds is 5. The summed E-state index contributed by atoms with van der Waals surface area (Å²) in [5.74, 6) is 0. The van der Waals surface area contributed by atoms with Crippen LogP contribution in [0.3, 0.4) is 0 Å². The largest absolute Gasteiger partial charge is 0.418 e. The van der Waals surface area contributed by atoms with Crippen LogP contribution in [0.15, 0.2) is 11.2 Å². The lowest BCUT2D eigenvalue weighted by atomic mass is 10.0. The Labute approximate surface area is 142 Å². The topological polar surface area (TPSA) is 118 Å². The van der Waals surface area contributed by atoms with Crippen LogP contribution in [-0.2, 0) is 21.2 Å². The van der Waals surface area contributed by atoms with Gasteiger partial charge in [-0.1, -0.05) is 5.21 Å². The lowest BCUT2D eigenvalue weighted by Gasteiger charge is -2.32. The maximum atomic E-state index is 12.4. The second-order valence-electron chi connectivity index (χ2n) is 6.74. The number of hydrogen-bond donors (Lipinski definition) is 1. The minimum absolute atomic E-state index is 0.119. The zero-order valence-corrected chi connectivity index (χ0v) is 15.3. The van der Waals surface area contributed by atoms with Crippen molar-refractivity contribution in [3.8, 4) is 0 Å². The number of aromatic nitrogens is 3. The molecule has 136 valence electrons. The van der Waals surface area contributed by atoms with E-state index in [0.717, 1.165) is 10.1 Å². The van der Waals surface area contributed by atoms with Crippen LogP contribution in [0.4, 0.5) is 4.79 Å². The van der Waals surface area contributed by atoms with Crippen molar-refractivity contribution >= 4 is 26.5 Å². The third-order valence-corrected chi connectivity index (χ3v) is 6.13. The summed E-state index contributed by atoms with van der Waals surface area (Å²) < 4.78 is 36.9. The molecule has 2 fully saturated rings. The number of hydrogen-bond acceptors (Lipinski definition) is 6. The predicted octanol–water partition coefficient (Wildman–Crippen LogP) is 0.334. The minimum atomic E-state index is -4.72. The predicted molar refractivity (Wildman–Crippen MR) is 87.0 cm³/mol. The van der Waals surface area contributed by atoms with E-state index in [1.165, 1.54) is 0 Å². The molecule has 2 saturated heterocycles. The third kappa shape index (κ3) is 3.36. The van der Waals surface area contributed by atoms with Gasteiger partial charge in [0.25, 0.3) is 0 Å².